The zero-order chi connectivity index (χ0) is 11.4. The topological polar surface area (TPSA) is 35.2 Å². The van der Waals surface area contributed by atoms with Crippen molar-refractivity contribution in [2.24, 2.45) is 5.73 Å². The summed E-state index contributed by atoms with van der Waals surface area (Å²) < 4.78 is 5.41. The van der Waals surface area contributed by atoms with Gasteiger partial charge in [-0.3, -0.25) is 0 Å². The Morgan fingerprint density at radius 1 is 1.44 bits per heavy atom. The standard InChI is InChI=1S/C12H18ClNO.ClH/c1-4-15-12-5-8(2)10(6-9(3)14)7-11(12)13;/h5,7,9H,4,6,14H2,1-3H3;1H. The van der Waals surface area contributed by atoms with E-state index < -0.39 is 0 Å². The summed E-state index contributed by atoms with van der Waals surface area (Å²) in [7, 11) is 0. The average Bonchev–Trinajstić information content (AvgIpc) is 2.13. The van der Waals surface area contributed by atoms with Crippen LogP contribution in [0.15, 0.2) is 12.1 Å². The highest BCUT2D eigenvalue weighted by molar-refractivity contribution is 6.32. The molecular weight excluding hydrogens is 245 g/mol. The summed E-state index contributed by atoms with van der Waals surface area (Å²) in [5.74, 6) is 0.755. The molecule has 2 nitrogen and oxygen atoms in total. The predicted octanol–water partition coefficient (Wildman–Crippen LogP) is 3.36. The van der Waals surface area contributed by atoms with E-state index in [1.165, 1.54) is 11.1 Å². The normalized spacial score (nSPS) is 11.8. The molecule has 0 saturated carbocycles. The van der Waals surface area contributed by atoms with E-state index in [1.54, 1.807) is 0 Å². The molecule has 0 aliphatic carbocycles. The van der Waals surface area contributed by atoms with Gasteiger partial charge in [-0.1, -0.05) is 11.6 Å². The molecular formula is C12H19Cl2NO. The smallest absolute Gasteiger partial charge is 0.138 e. The molecule has 2 N–H and O–H groups in total. The Morgan fingerprint density at radius 3 is 2.56 bits per heavy atom. The first kappa shape index (κ1) is 15.6. The fourth-order valence-electron chi connectivity index (χ4n) is 1.53. The highest BCUT2D eigenvalue weighted by atomic mass is 35.5. The summed E-state index contributed by atoms with van der Waals surface area (Å²) in [5.41, 5.74) is 8.14. The molecule has 1 atom stereocenters. The molecule has 16 heavy (non-hydrogen) atoms. The summed E-state index contributed by atoms with van der Waals surface area (Å²) >= 11 is 6.10. The van der Waals surface area contributed by atoms with Gasteiger partial charge >= 0.3 is 0 Å². The average molecular weight is 264 g/mol. The minimum Gasteiger partial charge on any atom is -0.492 e. The van der Waals surface area contributed by atoms with Crippen molar-refractivity contribution in [1.82, 2.24) is 0 Å². The van der Waals surface area contributed by atoms with Gasteiger partial charge in [-0.05, 0) is 50.5 Å². The number of hydrogen-bond donors (Lipinski definition) is 1. The van der Waals surface area contributed by atoms with Crippen molar-refractivity contribution in [1.29, 1.82) is 0 Å². The molecule has 4 heteroatoms. The minimum atomic E-state index is 0. The van der Waals surface area contributed by atoms with Crippen LogP contribution in [0.3, 0.4) is 0 Å². The van der Waals surface area contributed by atoms with Crippen LogP contribution in [-0.4, -0.2) is 12.6 Å². The second-order valence-corrected chi connectivity index (χ2v) is 4.23. The van der Waals surface area contributed by atoms with Crippen LogP contribution in [0.1, 0.15) is 25.0 Å². The van der Waals surface area contributed by atoms with Gasteiger partial charge in [0.15, 0.2) is 0 Å². The highest BCUT2D eigenvalue weighted by Crippen LogP contribution is 2.28. The highest BCUT2D eigenvalue weighted by Gasteiger charge is 2.08. The molecule has 1 aromatic carbocycles. The Kier molecular flexibility index (Phi) is 6.81. The number of rotatable bonds is 4. The van der Waals surface area contributed by atoms with E-state index >= 15 is 0 Å². The maximum atomic E-state index is 6.10. The maximum Gasteiger partial charge on any atom is 0.138 e. The Bertz CT molecular complexity index is 340. The summed E-state index contributed by atoms with van der Waals surface area (Å²) in [6, 6.07) is 4.08. The van der Waals surface area contributed by atoms with Crippen molar-refractivity contribution in [2.75, 3.05) is 6.61 Å². The lowest BCUT2D eigenvalue weighted by atomic mass is 10.0. The SMILES string of the molecule is CCOc1cc(C)c(CC(C)N)cc1Cl.Cl. The fourth-order valence-corrected chi connectivity index (χ4v) is 1.77. The van der Waals surface area contributed by atoms with Crippen LogP contribution in [0.4, 0.5) is 0 Å². The first-order valence-corrected chi connectivity index (χ1v) is 5.59. The van der Waals surface area contributed by atoms with Crippen molar-refractivity contribution >= 4 is 24.0 Å². The lowest BCUT2D eigenvalue weighted by Crippen LogP contribution is -2.18. The second kappa shape index (κ2) is 7.00. The molecule has 1 rings (SSSR count). The lowest BCUT2D eigenvalue weighted by Gasteiger charge is -2.12. The van der Waals surface area contributed by atoms with Crippen molar-refractivity contribution in [3.05, 3.63) is 28.3 Å². The number of benzene rings is 1. The number of hydrogen-bond acceptors (Lipinski definition) is 2. The van der Waals surface area contributed by atoms with Crippen molar-refractivity contribution in [3.8, 4) is 5.75 Å². The van der Waals surface area contributed by atoms with Crippen LogP contribution < -0.4 is 10.5 Å². The van der Waals surface area contributed by atoms with E-state index in [0.717, 1.165) is 12.2 Å². The Morgan fingerprint density at radius 2 is 2.06 bits per heavy atom. The predicted molar refractivity (Wildman–Crippen MR) is 72.0 cm³/mol. The quantitative estimate of drug-likeness (QED) is 0.905. The summed E-state index contributed by atoms with van der Waals surface area (Å²) in [6.45, 7) is 6.62. The summed E-state index contributed by atoms with van der Waals surface area (Å²) in [5, 5.41) is 0.665. The minimum absolute atomic E-state index is 0. The van der Waals surface area contributed by atoms with Crippen LogP contribution in [0.5, 0.6) is 5.75 Å². The van der Waals surface area contributed by atoms with E-state index in [0.29, 0.717) is 11.6 Å². The van der Waals surface area contributed by atoms with Gasteiger partial charge in [0.25, 0.3) is 0 Å². The number of aryl methyl sites for hydroxylation is 1. The number of ether oxygens (including phenoxy) is 1. The van der Waals surface area contributed by atoms with Gasteiger partial charge in [0, 0.05) is 6.04 Å². The van der Waals surface area contributed by atoms with Gasteiger partial charge < -0.3 is 10.5 Å². The van der Waals surface area contributed by atoms with Crippen LogP contribution >= 0.6 is 24.0 Å². The zero-order valence-corrected chi connectivity index (χ0v) is 11.5. The maximum absolute atomic E-state index is 6.10. The van der Waals surface area contributed by atoms with Gasteiger partial charge in [0.2, 0.25) is 0 Å². The first-order valence-electron chi connectivity index (χ1n) is 5.22. The molecule has 0 saturated heterocycles. The number of halogens is 2. The van der Waals surface area contributed by atoms with Gasteiger partial charge in [0.05, 0.1) is 11.6 Å². The zero-order valence-electron chi connectivity index (χ0n) is 9.92. The molecule has 0 radical (unpaired) electrons. The van der Waals surface area contributed by atoms with E-state index in [2.05, 4.69) is 6.92 Å². The second-order valence-electron chi connectivity index (χ2n) is 3.82. The summed E-state index contributed by atoms with van der Waals surface area (Å²) in [4.78, 5) is 0. The Hall–Kier alpha value is -0.440. The molecule has 0 heterocycles. The third-order valence-electron chi connectivity index (χ3n) is 2.23. The molecule has 0 aliphatic heterocycles. The van der Waals surface area contributed by atoms with Gasteiger partial charge in [-0.15, -0.1) is 12.4 Å². The number of nitrogens with two attached hydrogens (primary N) is 1. The van der Waals surface area contributed by atoms with E-state index in [4.69, 9.17) is 22.1 Å². The monoisotopic (exact) mass is 263 g/mol. The van der Waals surface area contributed by atoms with Gasteiger partial charge in [0.1, 0.15) is 5.75 Å². The van der Waals surface area contributed by atoms with Gasteiger partial charge in [-0.25, -0.2) is 0 Å². The lowest BCUT2D eigenvalue weighted by molar-refractivity contribution is 0.340. The molecule has 0 bridgehead atoms. The molecule has 1 aromatic rings. The van der Waals surface area contributed by atoms with E-state index in [-0.39, 0.29) is 18.4 Å². The molecule has 0 fully saturated rings. The van der Waals surface area contributed by atoms with E-state index in [1.807, 2.05) is 26.0 Å². The first-order chi connectivity index (χ1) is 7.04. The summed E-state index contributed by atoms with van der Waals surface area (Å²) in [6.07, 6.45) is 0.845. The largest absolute Gasteiger partial charge is 0.492 e. The van der Waals surface area contributed by atoms with Crippen LogP contribution in [-0.2, 0) is 6.42 Å². The Balaban J connectivity index is 0.00000225. The molecule has 0 amide bonds. The van der Waals surface area contributed by atoms with Crippen LogP contribution in [0.25, 0.3) is 0 Å². The molecule has 0 spiro atoms. The third kappa shape index (κ3) is 4.20. The van der Waals surface area contributed by atoms with Crippen LogP contribution in [0.2, 0.25) is 5.02 Å². The van der Waals surface area contributed by atoms with Gasteiger partial charge in [-0.2, -0.15) is 0 Å². The van der Waals surface area contributed by atoms with Crippen molar-refractivity contribution < 1.29 is 4.74 Å². The Labute approximate surface area is 109 Å². The third-order valence-corrected chi connectivity index (χ3v) is 2.53. The van der Waals surface area contributed by atoms with Crippen LogP contribution in [0, 0.1) is 6.92 Å². The van der Waals surface area contributed by atoms with E-state index in [9.17, 15) is 0 Å². The molecule has 92 valence electrons. The van der Waals surface area contributed by atoms with Crippen molar-refractivity contribution in [3.63, 3.8) is 0 Å². The molecule has 0 aromatic heterocycles. The molecule has 1 unspecified atom stereocenters. The molecule has 0 aliphatic rings. The van der Waals surface area contributed by atoms with Crippen molar-refractivity contribution in [2.45, 2.75) is 33.2 Å². The fraction of sp³-hybridized carbons (Fsp3) is 0.500.